The first-order valence-electron chi connectivity index (χ1n) is 7.96. The van der Waals surface area contributed by atoms with Gasteiger partial charge in [-0.3, -0.25) is 4.79 Å². The fourth-order valence-electron chi connectivity index (χ4n) is 3.04. The maximum absolute atomic E-state index is 12.3. The molecule has 1 aliphatic heterocycles. The molecule has 1 atom stereocenters. The minimum atomic E-state index is 0.279. The molecule has 0 aliphatic carbocycles. The number of benzene rings is 1. The summed E-state index contributed by atoms with van der Waals surface area (Å²) in [6, 6.07) is 5.68. The maximum Gasteiger partial charge on any atom is 0.222 e. The van der Waals surface area contributed by atoms with E-state index < -0.39 is 0 Å². The Morgan fingerprint density at radius 1 is 1.36 bits per heavy atom. The normalized spacial score (nSPS) is 18.5. The van der Waals surface area contributed by atoms with Crippen molar-refractivity contribution in [2.75, 3.05) is 26.7 Å². The van der Waals surface area contributed by atoms with Crippen molar-refractivity contribution in [2.24, 2.45) is 5.92 Å². The number of hydrogen-bond donors (Lipinski definition) is 1. The molecule has 1 amide bonds. The predicted octanol–water partition coefficient (Wildman–Crippen LogP) is 3.77. The second kappa shape index (κ2) is 8.76. The number of nitrogens with one attached hydrogen (secondary N) is 1. The van der Waals surface area contributed by atoms with Crippen LogP contribution in [0.15, 0.2) is 18.2 Å². The van der Waals surface area contributed by atoms with Crippen molar-refractivity contribution < 1.29 is 4.79 Å². The molecule has 1 fully saturated rings. The third kappa shape index (κ3) is 5.15. The predicted molar refractivity (Wildman–Crippen MR) is 92.6 cm³/mol. The topological polar surface area (TPSA) is 32.3 Å². The average Bonchev–Trinajstić information content (AvgIpc) is 2.51. The molecule has 1 N–H and O–H groups in total. The van der Waals surface area contributed by atoms with E-state index in [1.54, 1.807) is 0 Å². The molecule has 1 unspecified atom stereocenters. The highest BCUT2D eigenvalue weighted by Crippen LogP contribution is 2.23. The summed E-state index contributed by atoms with van der Waals surface area (Å²) in [7, 11) is 1.97. The number of aryl methyl sites for hydroxylation is 1. The molecule has 2 rings (SSSR count). The number of piperidine rings is 1. The summed E-state index contributed by atoms with van der Waals surface area (Å²) in [4.78, 5) is 14.3. The number of carbonyl (C=O) groups excluding carboxylic acids is 1. The van der Waals surface area contributed by atoms with Crippen molar-refractivity contribution in [1.82, 2.24) is 10.2 Å². The van der Waals surface area contributed by atoms with Crippen molar-refractivity contribution in [3.63, 3.8) is 0 Å². The van der Waals surface area contributed by atoms with Crippen LogP contribution in [0.2, 0.25) is 10.0 Å². The van der Waals surface area contributed by atoms with Crippen LogP contribution in [0.1, 0.15) is 31.2 Å². The molecule has 122 valence electrons. The molecule has 3 nitrogen and oxygen atoms in total. The Balaban J connectivity index is 1.76. The SMILES string of the molecule is CNCC1CCCN(C(=O)CCCc2ccc(Cl)c(Cl)c2)C1. The van der Waals surface area contributed by atoms with Gasteiger partial charge in [-0.1, -0.05) is 29.3 Å². The molecule has 1 heterocycles. The summed E-state index contributed by atoms with van der Waals surface area (Å²) in [6.07, 6.45) is 4.64. The van der Waals surface area contributed by atoms with E-state index in [-0.39, 0.29) is 5.91 Å². The Morgan fingerprint density at radius 2 is 2.18 bits per heavy atom. The van der Waals surface area contributed by atoms with E-state index in [2.05, 4.69) is 5.32 Å². The fraction of sp³-hybridized carbons (Fsp3) is 0.588. The van der Waals surface area contributed by atoms with Gasteiger partial charge < -0.3 is 10.2 Å². The van der Waals surface area contributed by atoms with Crippen LogP contribution >= 0.6 is 23.2 Å². The highest BCUT2D eigenvalue weighted by molar-refractivity contribution is 6.42. The van der Waals surface area contributed by atoms with E-state index in [4.69, 9.17) is 23.2 Å². The van der Waals surface area contributed by atoms with Crippen molar-refractivity contribution in [1.29, 1.82) is 0 Å². The fourth-order valence-corrected chi connectivity index (χ4v) is 3.36. The lowest BCUT2D eigenvalue weighted by Crippen LogP contribution is -2.42. The molecule has 1 aromatic rings. The highest BCUT2D eigenvalue weighted by Gasteiger charge is 2.22. The van der Waals surface area contributed by atoms with Crippen molar-refractivity contribution >= 4 is 29.1 Å². The first kappa shape index (κ1) is 17.6. The second-order valence-electron chi connectivity index (χ2n) is 6.01. The number of halogens is 2. The first-order chi connectivity index (χ1) is 10.6. The minimum Gasteiger partial charge on any atom is -0.342 e. The van der Waals surface area contributed by atoms with Crippen LogP contribution in [0.3, 0.4) is 0 Å². The van der Waals surface area contributed by atoms with Crippen LogP contribution in [-0.4, -0.2) is 37.5 Å². The van der Waals surface area contributed by atoms with E-state index >= 15 is 0 Å². The monoisotopic (exact) mass is 342 g/mol. The van der Waals surface area contributed by atoms with Crippen LogP contribution < -0.4 is 5.32 Å². The van der Waals surface area contributed by atoms with Crippen LogP contribution in [-0.2, 0) is 11.2 Å². The summed E-state index contributed by atoms with van der Waals surface area (Å²) in [5.41, 5.74) is 1.13. The van der Waals surface area contributed by atoms with Crippen LogP contribution in [0.4, 0.5) is 0 Å². The standard InChI is InChI=1S/C17H24Cl2N2O/c1-20-11-14-5-3-9-21(12-14)17(22)6-2-4-13-7-8-15(18)16(19)10-13/h7-8,10,14,20H,2-6,9,11-12H2,1H3. The van der Waals surface area contributed by atoms with Gasteiger partial charge >= 0.3 is 0 Å². The Labute approximate surface area is 143 Å². The zero-order valence-corrected chi connectivity index (χ0v) is 14.6. The molecule has 22 heavy (non-hydrogen) atoms. The molecule has 0 spiro atoms. The molecule has 0 aromatic heterocycles. The Hall–Kier alpha value is -0.770. The Kier molecular flexibility index (Phi) is 7.00. The summed E-state index contributed by atoms with van der Waals surface area (Å²) >= 11 is 11.9. The number of nitrogens with zero attached hydrogens (tertiary/aromatic N) is 1. The molecule has 1 aromatic carbocycles. The molecular formula is C17H24Cl2N2O. The third-order valence-electron chi connectivity index (χ3n) is 4.20. The number of likely N-dealkylation sites (tertiary alicyclic amines) is 1. The van der Waals surface area contributed by atoms with Gasteiger partial charge in [-0.15, -0.1) is 0 Å². The van der Waals surface area contributed by atoms with E-state index in [1.165, 1.54) is 6.42 Å². The third-order valence-corrected chi connectivity index (χ3v) is 4.94. The Morgan fingerprint density at radius 3 is 2.91 bits per heavy atom. The number of carbonyl (C=O) groups is 1. The molecule has 0 bridgehead atoms. The summed E-state index contributed by atoms with van der Waals surface area (Å²) in [5.74, 6) is 0.874. The van der Waals surface area contributed by atoms with Gasteiger partial charge in [-0.25, -0.2) is 0 Å². The molecule has 0 saturated carbocycles. The van der Waals surface area contributed by atoms with E-state index in [0.717, 1.165) is 44.5 Å². The summed E-state index contributed by atoms with van der Waals surface area (Å²) in [5, 5.41) is 4.36. The van der Waals surface area contributed by atoms with Gasteiger partial charge in [0.1, 0.15) is 0 Å². The van der Waals surface area contributed by atoms with Gasteiger partial charge in [0, 0.05) is 19.5 Å². The molecule has 1 saturated heterocycles. The summed E-state index contributed by atoms with van der Waals surface area (Å²) < 4.78 is 0. The number of hydrogen-bond acceptors (Lipinski definition) is 2. The van der Waals surface area contributed by atoms with Gasteiger partial charge in [0.2, 0.25) is 5.91 Å². The molecule has 1 aliphatic rings. The number of amides is 1. The van der Waals surface area contributed by atoms with Crippen LogP contribution in [0, 0.1) is 5.92 Å². The van der Waals surface area contributed by atoms with Crippen LogP contribution in [0.25, 0.3) is 0 Å². The minimum absolute atomic E-state index is 0.279. The van der Waals surface area contributed by atoms with Gasteiger partial charge in [0.05, 0.1) is 10.0 Å². The second-order valence-corrected chi connectivity index (χ2v) is 6.82. The lowest BCUT2D eigenvalue weighted by molar-refractivity contribution is -0.133. The Bertz CT molecular complexity index is 505. The number of rotatable bonds is 6. The summed E-state index contributed by atoms with van der Waals surface area (Å²) in [6.45, 7) is 2.80. The van der Waals surface area contributed by atoms with Crippen LogP contribution in [0.5, 0.6) is 0 Å². The van der Waals surface area contributed by atoms with E-state index in [9.17, 15) is 4.79 Å². The quantitative estimate of drug-likeness (QED) is 0.853. The molecule has 0 radical (unpaired) electrons. The van der Waals surface area contributed by atoms with Crippen molar-refractivity contribution in [2.45, 2.75) is 32.1 Å². The van der Waals surface area contributed by atoms with Gasteiger partial charge in [0.15, 0.2) is 0 Å². The van der Waals surface area contributed by atoms with Gasteiger partial charge in [-0.05, 0) is 62.9 Å². The largest absolute Gasteiger partial charge is 0.342 e. The lowest BCUT2D eigenvalue weighted by Gasteiger charge is -2.32. The first-order valence-corrected chi connectivity index (χ1v) is 8.72. The lowest BCUT2D eigenvalue weighted by atomic mass is 9.97. The zero-order valence-electron chi connectivity index (χ0n) is 13.1. The van der Waals surface area contributed by atoms with E-state index in [0.29, 0.717) is 22.4 Å². The average molecular weight is 343 g/mol. The molecular weight excluding hydrogens is 319 g/mol. The maximum atomic E-state index is 12.3. The van der Waals surface area contributed by atoms with E-state index in [1.807, 2.05) is 30.1 Å². The van der Waals surface area contributed by atoms with Crippen molar-refractivity contribution in [3.8, 4) is 0 Å². The molecule has 5 heteroatoms. The zero-order chi connectivity index (χ0) is 15.9. The highest BCUT2D eigenvalue weighted by atomic mass is 35.5. The van der Waals surface area contributed by atoms with Gasteiger partial charge in [0.25, 0.3) is 0 Å². The van der Waals surface area contributed by atoms with Gasteiger partial charge in [-0.2, -0.15) is 0 Å². The van der Waals surface area contributed by atoms with Crippen molar-refractivity contribution in [3.05, 3.63) is 33.8 Å². The smallest absolute Gasteiger partial charge is 0.222 e.